The molecule has 0 radical (unpaired) electrons. The normalized spacial score (nSPS) is 12.3. The number of hydrogen-bond donors (Lipinski definition) is 0. The summed E-state index contributed by atoms with van der Waals surface area (Å²) in [6.45, 7) is 3.88. The fraction of sp³-hybridized carbons (Fsp3) is 0.208. The average Bonchev–Trinajstić information content (AvgIpc) is 3.17. The number of carbonyl (C=O) groups excluding carboxylic acids is 1. The van der Waals surface area contributed by atoms with Crippen LogP contribution < -0.4 is 0 Å². The van der Waals surface area contributed by atoms with Crippen molar-refractivity contribution in [3.8, 4) is 23.0 Å². The summed E-state index contributed by atoms with van der Waals surface area (Å²) in [5.74, 6) is -1.09. The van der Waals surface area contributed by atoms with Crippen molar-refractivity contribution < 1.29 is 18.7 Å². The highest BCUT2D eigenvalue weighted by atomic mass is 19.1. The number of carbonyl (C=O) groups is 1. The molecular formula is C24H22FN3O3. The van der Waals surface area contributed by atoms with E-state index in [1.165, 1.54) is 25.3 Å². The van der Waals surface area contributed by atoms with Crippen molar-refractivity contribution >= 4 is 12.0 Å². The van der Waals surface area contributed by atoms with Crippen molar-refractivity contribution in [3.05, 3.63) is 77.2 Å². The van der Waals surface area contributed by atoms with E-state index in [4.69, 9.17) is 9.47 Å². The van der Waals surface area contributed by atoms with Crippen LogP contribution in [0, 0.1) is 24.1 Å². The number of aromatic nitrogens is 2. The van der Waals surface area contributed by atoms with Crippen LogP contribution in [0.2, 0.25) is 0 Å². The Bertz CT molecular complexity index is 1130. The maximum absolute atomic E-state index is 13.3. The summed E-state index contributed by atoms with van der Waals surface area (Å²) in [4.78, 5) is 12.4. The van der Waals surface area contributed by atoms with Crippen molar-refractivity contribution in [2.24, 2.45) is 0 Å². The molecule has 0 bridgehead atoms. The third-order valence-electron chi connectivity index (χ3n) is 4.51. The summed E-state index contributed by atoms with van der Waals surface area (Å²) >= 11 is 0. The summed E-state index contributed by atoms with van der Waals surface area (Å²) < 4.78 is 25.1. The zero-order chi connectivity index (χ0) is 22.4. The predicted octanol–water partition coefficient (Wildman–Crippen LogP) is 4.47. The van der Waals surface area contributed by atoms with E-state index in [1.807, 2.05) is 37.3 Å². The SMILES string of the molecule is COC[C@H](C)OC(=O)/C(C#N)=C/c1cn(-c2ccc(F)cc2)nc1-c1ccc(C)cc1. The van der Waals surface area contributed by atoms with E-state index in [9.17, 15) is 14.4 Å². The Balaban J connectivity index is 2.05. The molecule has 0 aliphatic carbocycles. The largest absolute Gasteiger partial charge is 0.456 e. The van der Waals surface area contributed by atoms with E-state index >= 15 is 0 Å². The minimum Gasteiger partial charge on any atom is -0.456 e. The first-order chi connectivity index (χ1) is 14.9. The van der Waals surface area contributed by atoms with Crippen LogP contribution in [0.15, 0.2) is 60.3 Å². The molecule has 0 unspecified atom stereocenters. The minimum atomic E-state index is -0.739. The van der Waals surface area contributed by atoms with Crippen molar-refractivity contribution in [1.29, 1.82) is 5.26 Å². The number of halogens is 1. The maximum atomic E-state index is 13.3. The number of benzene rings is 2. The van der Waals surface area contributed by atoms with Crippen LogP contribution in [0.5, 0.6) is 0 Å². The van der Waals surface area contributed by atoms with Gasteiger partial charge in [-0.2, -0.15) is 10.4 Å². The summed E-state index contributed by atoms with van der Waals surface area (Å²) in [5.41, 5.74) is 3.53. The smallest absolute Gasteiger partial charge is 0.349 e. The third-order valence-corrected chi connectivity index (χ3v) is 4.51. The first kappa shape index (κ1) is 21.9. The summed E-state index contributed by atoms with van der Waals surface area (Å²) in [7, 11) is 1.50. The molecular weight excluding hydrogens is 397 g/mol. The molecule has 0 N–H and O–H groups in total. The van der Waals surface area contributed by atoms with Gasteiger partial charge < -0.3 is 9.47 Å². The number of nitriles is 1. The van der Waals surface area contributed by atoms with E-state index in [0.717, 1.165) is 11.1 Å². The van der Waals surface area contributed by atoms with Gasteiger partial charge in [0.1, 0.15) is 23.6 Å². The van der Waals surface area contributed by atoms with Crippen LogP contribution in [0.25, 0.3) is 23.0 Å². The van der Waals surface area contributed by atoms with Gasteiger partial charge in [0.2, 0.25) is 0 Å². The molecule has 1 atom stereocenters. The van der Waals surface area contributed by atoms with Crippen LogP contribution in [0.4, 0.5) is 4.39 Å². The second-order valence-electron chi connectivity index (χ2n) is 7.06. The third kappa shape index (κ3) is 5.44. The Hall–Kier alpha value is -3.76. The van der Waals surface area contributed by atoms with Gasteiger partial charge in [0, 0.05) is 24.4 Å². The number of hydrogen-bond acceptors (Lipinski definition) is 5. The quantitative estimate of drug-likeness (QED) is 0.321. The van der Waals surface area contributed by atoms with E-state index in [-0.39, 0.29) is 18.0 Å². The maximum Gasteiger partial charge on any atom is 0.349 e. The van der Waals surface area contributed by atoms with Crippen molar-refractivity contribution in [2.45, 2.75) is 20.0 Å². The lowest BCUT2D eigenvalue weighted by Crippen LogP contribution is -2.20. The lowest BCUT2D eigenvalue weighted by Gasteiger charge is -2.11. The van der Waals surface area contributed by atoms with E-state index in [2.05, 4.69) is 5.10 Å². The van der Waals surface area contributed by atoms with E-state index < -0.39 is 12.1 Å². The molecule has 31 heavy (non-hydrogen) atoms. The Morgan fingerprint density at radius 2 is 1.90 bits per heavy atom. The number of aryl methyl sites for hydroxylation is 1. The van der Waals surface area contributed by atoms with Crippen molar-refractivity contribution in [1.82, 2.24) is 9.78 Å². The molecule has 2 aromatic carbocycles. The molecule has 0 fully saturated rings. The molecule has 3 rings (SSSR count). The predicted molar refractivity (Wildman–Crippen MR) is 115 cm³/mol. The lowest BCUT2D eigenvalue weighted by molar-refractivity contribution is -0.145. The van der Waals surface area contributed by atoms with Crippen LogP contribution in [0.1, 0.15) is 18.1 Å². The molecule has 1 heterocycles. The molecule has 0 saturated carbocycles. The summed E-state index contributed by atoms with van der Waals surface area (Å²) in [6.07, 6.45) is 2.64. The fourth-order valence-electron chi connectivity index (χ4n) is 2.96. The van der Waals surface area contributed by atoms with Gasteiger partial charge in [-0.1, -0.05) is 29.8 Å². The highest BCUT2D eigenvalue weighted by Crippen LogP contribution is 2.26. The average molecular weight is 419 g/mol. The number of rotatable bonds is 7. The van der Waals surface area contributed by atoms with Gasteiger partial charge in [-0.15, -0.1) is 0 Å². The van der Waals surface area contributed by atoms with Crippen molar-refractivity contribution in [3.63, 3.8) is 0 Å². The molecule has 1 aromatic heterocycles. The number of methoxy groups -OCH3 is 1. The zero-order valence-corrected chi connectivity index (χ0v) is 17.5. The van der Waals surface area contributed by atoms with Gasteiger partial charge in [0.25, 0.3) is 0 Å². The molecule has 0 spiro atoms. The van der Waals surface area contributed by atoms with Crippen LogP contribution >= 0.6 is 0 Å². The Morgan fingerprint density at radius 1 is 1.23 bits per heavy atom. The van der Waals surface area contributed by atoms with Crippen LogP contribution in [0.3, 0.4) is 0 Å². The van der Waals surface area contributed by atoms with Gasteiger partial charge in [0.05, 0.1) is 18.0 Å². The Labute approximate surface area is 180 Å². The van der Waals surface area contributed by atoms with Gasteiger partial charge in [0.15, 0.2) is 0 Å². The van der Waals surface area contributed by atoms with Crippen LogP contribution in [-0.4, -0.2) is 35.6 Å². The monoisotopic (exact) mass is 419 g/mol. The molecule has 158 valence electrons. The lowest BCUT2D eigenvalue weighted by atomic mass is 10.0. The van der Waals surface area contributed by atoms with E-state index in [0.29, 0.717) is 16.9 Å². The van der Waals surface area contributed by atoms with Gasteiger partial charge >= 0.3 is 5.97 Å². The number of esters is 1. The highest BCUT2D eigenvalue weighted by molar-refractivity contribution is 5.99. The fourth-order valence-corrected chi connectivity index (χ4v) is 2.96. The molecule has 0 saturated heterocycles. The number of ether oxygens (including phenoxy) is 2. The van der Waals surface area contributed by atoms with Crippen LogP contribution in [-0.2, 0) is 14.3 Å². The zero-order valence-electron chi connectivity index (χ0n) is 17.5. The molecule has 0 aliphatic rings. The number of nitrogens with zero attached hydrogens (tertiary/aromatic N) is 3. The first-order valence-corrected chi connectivity index (χ1v) is 9.65. The molecule has 6 nitrogen and oxygen atoms in total. The van der Waals surface area contributed by atoms with E-state index in [1.54, 1.807) is 29.9 Å². The topological polar surface area (TPSA) is 77.1 Å². The second kappa shape index (κ2) is 9.83. The van der Waals surface area contributed by atoms with Gasteiger partial charge in [-0.05, 0) is 44.2 Å². The highest BCUT2D eigenvalue weighted by Gasteiger charge is 2.18. The second-order valence-corrected chi connectivity index (χ2v) is 7.06. The summed E-state index contributed by atoms with van der Waals surface area (Å²) in [5, 5.41) is 14.1. The Kier molecular flexibility index (Phi) is 6.96. The summed E-state index contributed by atoms with van der Waals surface area (Å²) in [6, 6.07) is 15.5. The first-order valence-electron chi connectivity index (χ1n) is 9.65. The Morgan fingerprint density at radius 3 is 2.52 bits per heavy atom. The van der Waals surface area contributed by atoms with Gasteiger partial charge in [-0.25, -0.2) is 13.9 Å². The standard InChI is InChI=1S/C24H22FN3O3/c1-16-4-6-18(7-5-16)23-20(12-19(13-26)24(29)31-17(2)15-30-3)14-28(27-23)22-10-8-21(25)9-11-22/h4-12,14,17H,15H2,1-3H3/b19-12+/t17-/m0/s1. The molecule has 0 amide bonds. The molecule has 3 aromatic rings. The molecule has 0 aliphatic heterocycles. The minimum absolute atomic E-state index is 0.157. The van der Waals surface area contributed by atoms with Gasteiger partial charge in [-0.3, -0.25) is 0 Å². The molecule has 7 heteroatoms. The van der Waals surface area contributed by atoms with Crippen molar-refractivity contribution in [2.75, 3.05) is 13.7 Å².